The van der Waals surface area contributed by atoms with Gasteiger partial charge in [-0.3, -0.25) is 4.79 Å². The molecule has 140 valence electrons. The van der Waals surface area contributed by atoms with E-state index in [2.05, 4.69) is 16.5 Å². The van der Waals surface area contributed by atoms with Crippen LogP contribution in [0.4, 0.5) is 4.39 Å². The van der Waals surface area contributed by atoms with Crippen LogP contribution in [0.1, 0.15) is 56.8 Å². The lowest BCUT2D eigenvalue weighted by atomic mass is 9.93. The number of hydrogen-bond acceptors (Lipinski definition) is 2. The maximum atomic E-state index is 13.2. The Kier molecular flexibility index (Phi) is 6.42. The van der Waals surface area contributed by atoms with Crippen molar-refractivity contribution in [2.24, 2.45) is 0 Å². The van der Waals surface area contributed by atoms with Crippen molar-refractivity contribution < 1.29 is 9.18 Å². The van der Waals surface area contributed by atoms with Gasteiger partial charge in [-0.15, -0.1) is 0 Å². The average Bonchev–Trinajstić information content (AvgIpc) is 3.14. The predicted octanol–water partition coefficient (Wildman–Crippen LogP) is 4.34. The molecule has 0 atom stereocenters. The van der Waals surface area contributed by atoms with E-state index in [9.17, 15) is 9.18 Å². The van der Waals surface area contributed by atoms with Gasteiger partial charge in [0.05, 0.1) is 0 Å². The quantitative estimate of drug-likeness (QED) is 0.739. The SMILES string of the molecule is CCc1nccn1CCC(=O)N(Cc1ccc(F)cc1)C1CCCCC1. The number of nitrogens with zero attached hydrogens (tertiary/aromatic N) is 3. The Balaban J connectivity index is 1.69. The number of aromatic nitrogens is 2. The van der Waals surface area contributed by atoms with Crippen LogP contribution in [0.25, 0.3) is 0 Å². The van der Waals surface area contributed by atoms with Crippen molar-refractivity contribution in [3.8, 4) is 0 Å². The molecular weight excluding hydrogens is 329 g/mol. The molecule has 1 amide bonds. The van der Waals surface area contributed by atoms with Crippen LogP contribution in [0, 0.1) is 5.82 Å². The van der Waals surface area contributed by atoms with Crippen LogP contribution in [0.3, 0.4) is 0 Å². The van der Waals surface area contributed by atoms with Gasteiger partial charge in [-0.05, 0) is 30.5 Å². The van der Waals surface area contributed by atoms with Crippen LogP contribution in [0.15, 0.2) is 36.7 Å². The number of carbonyl (C=O) groups is 1. The molecular formula is C21H28FN3O. The molecule has 0 unspecified atom stereocenters. The molecule has 1 aliphatic carbocycles. The van der Waals surface area contributed by atoms with Crippen LogP contribution in [0.5, 0.6) is 0 Å². The fraction of sp³-hybridized carbons (Fsp3) is 0.524. The van der Waals surface area contributed by atoms with Gasteiger partial charge >= 0.3 is 0 Å². The largest absolute Gasteiger partial charge is 0.335 e. The van der Waals surface area contributed by atoms with Crippen molar-refractivity contribution in [2.75, 3.05) is 0 Å². The lowest BCUT2D eigenvalue weighted by molar-refractivity contribution is -0.135. The van der Waals surface area contributed by atoms with Crippen molar-refractivity contribution in [3.63, 3.8) is 0 Å². The molecule has 1 heterocycles. The van der Waals surface area contributed by atoms with E-state index < -0.39 is 0 Å². The minimum atomic E-state index is -0.239. The maximum absolute atomic E-state index is 13.2. The first-order valence-corrected chi connectivity index (χ1v) is 9.71. The van der Waals surface area contributed by atoms with Crippen LogP contribution in [-0.2, 0) is 24.3 Å². The summed E-state index contributed by atoms with van der Waals surface area (Å²) in [5, 5.41) is 0. The summed E-state index contributed by atoms with van der Waals surface area (Å²) in [5.74, 6) is 0.953. The Morgan fingerprint density at radius 3 is 2.65 bits per heavy atom. The molecule has 4 nitrogen and oxygen atoms in total. The van der Waals surface area contributed by atoms with Crippen molar-refractivity contribution in [1.82, 2.24) is 14.5 Å². The Bertz CT molecular complexity index is 704. The fourth-order valence-corrected chi connectivity index (χ4v) is 3.82. The summed E-state index contributed by atoms with van der Waals surface area (Å²) in [6, 6.07) is 6.80. The summed E-state index contributed by atoms with van der Waals surface area (Å²) in [6.45, 7) is 3.30. The van der Waals surface area contributed by atoms with Crippen LogP contribution in [-0.4, -0.2) is 26.4 Å². The molecule has 0 N–H and O–H groups in total. The zero-order valence-corrected chi connectivity index (χ0v) is 15.5. The monoisotopic (exact) mass is 357 g/mol. The molecule has 2 aromatic rings. The molecule has 0 aliphatic heterocycles. The van der Waals surface area contributed by atoms with E-state index in [1.165, 1.54) is 31.4 Å². The third kappa shape index (κ3) is 4.71. The highest BCUT2D eigenvalue weighted by atomic mass is 19.1. The second kappa shape index (κ2) is 8.97. The van der Waals surface area contributed by atoms with E-state index in [1.54, 1.807) is 18.3 Å². The van der Waals surface area contributed by atoms with Crippen molar-refractivity contribution >= 4 is 5.91 Å². The smallest absolute Gasteiger partial charge is 0.224 e. The summed E-state index contributed by atoms with van der Waals surface area (Å²) in [4.78, 5) is 19.4. The predicted molar refractivity (Wildman–Crippen MR) is 100 cm³/mol. The Morgan fingerprint density at radius 1 is 1.23 bits per heavy atom. The van der Waals surface area contributed by atoms with E-state index in [0.29, 0.717) is 25.6 Å². The molecule has 26 heavy (non-hydrogen) atoms. The topological polar surface area (TPSA) is 38.1 Å². The van der Waals surface area contributed by atoms with Crippen LogP contribution in [0.2, 0.25) is 0 Å². The molecule has 3 rings (SSSR count). The standard InChI is InChI=1S/C21H28FN3O/c1-2-20-23-13-15-24(20)14-12-21(26)25(19-6-4-3-5-7-19)16-17-8-10-18(22)11-9-17/h8-11,13,15,19H,2-7,12,14,16H2,1H3. The molecule has 1 aliphatic rings. The minimum absolute atomic E-state index is 0.178. The number of imidazole rings is 1. The summed E-state index contributed by atoms with van der Waals surface area (Å²) in [5.41, 5.74) is 0.988. The second-order valence-electron chi connectivity index (χ2n) is 7.08. The first-order chi connectivity index (χ1) is 12.7. The summed E-state index contributed by atoms with van der Waals surface area (Å²) in [6.07, 6.45) is 10.8. The van der Waals surface area contributed by atoms with E-state index >= 15 is 0 Å². The third-order valence-electron chi connectivity index (χ3n) is 5.29. The average molecular weight is 357 g/mol. The van der Waals surface area contributed by atoms with Gasteiger partial charge in [-0.1, -0.05) is 38.3 Å². The summed E-state index contributed by atoms with van der Waals surface area (Å²) >= 11 is 0. The van der Waals surface area contributed by atoms with Gasteiger partial charge in [-0.25, -0.2) is 9.37 Å². The van der Waals surface area contributed by atoms with Gasteiger partial charge in [0.15, 0.2) is 0 Å². The van der Waals surface area contributed by atoms with Crippen molar-refractivity contribution in [3.05, 3.63) is 53.9 Å². The molecule has 0 spiro atoms. The highest BCUT2D eigenvalue weighted by Gasteiger charge is 2.25. The number of rotatable bonds is 7. The first kappa shape index (κ1) is 18.6. The van der Waals surface area contributed by atoms with Gasteiger partial charge in [0, 0.05) is 44.4 Å². The van der Waals surface area contributed by atoms with Crippen molar-refractivity contribution in [1.29, 1.82) is 0 Å². The number of halogens is 1. The van der Waals surface area contributed by atoms with E-state index in [4.69, 9.17) is 0 Å². The highest BCUT2D eigenvalue weighted by molar-refractivity contribution is 5.76. The van der Waals surface area contributed by atoms with Gasteiger partial charge < -0.3 is 9.47 Å². The van der Waals surface area contributed by atoms with Gasteiger partial charge in [0.2, 0.25) is 5.91 Å². The highest BCUT2D eigenvalue weighted by Crippen LogP contribution is 2.25. The Labute approximate surface area is 155 Å². The molecule has 1 fully saturated rings. The van der Waals surface area contributed by atoms with Crippen LogP contribution >= 0.6 is 0 Å². The molecule has 5 heteroatoms. The molecule has 1 saturated carbocycles. The Morgan fingerprint density at radius 2 is 1.96 bits per heavy atom. The van der Waals surface area contributed by atoms with Gasteiger partial charge in [0.1, 0.15) is 11.6 Å². The minimum Gasteiger partial charge on any atom is -0.335 e. The van der Waals surface area contributed by atoms with E-state index in [-0.39, 0.29) is 11.7 Å². The zero-order valence-electron chi connectivity index (χ0n) is 15.5. The number of benzene rings is 1. The zero-order chi connectivity index (χ0) is 18.4. The number of hydrogen-bond donors (Lipinski definition) is 0. The maximum Gasteiger partial charge on any atom is 0.224 e. The molecule has 0 bridgehead atoms. The lowest BCUT2D eigenvalue weighted by Crippen LogP contribution is -2.41. The number of aryl methyl sites for hydroxylation is 2. The van der Waals surface area contributed by atoms with Crippen molar-refractivity contribution in [2.45, 2.75) is 71.0 Å². The summed E-state index contributed by atoms with van der Waals surface area (Å²) in [7, 11) is 0. The van der Waals surface area contributed by atoms with Gasteiger partial charge in [-0.2, -0.15) is 0 Å². The van der Waals surface area contributed by atoms with E-state index in [1.807, 2.05) is 11.1 Å². The van der Waals surface area contributed by atoms with Gasteiger partial charge in [0.25, 0.3) is 0 Å². The number of carbonyl (C=O) groups excluding carboxylic acids is 1. The normalized spacial score (nSPS) is 15.2. The molecule has 0 radical (unpaired) electrons. The third-order valence-corrected chi connectivity index (χ3v) is 5.29. The molecule has 1 aromatic heterocycles. The molecule has 0 saturated heterocycles. The second-order valence-corrected chi connectivity index (χ2v) is 7.08. The fourth-order valence-electron chi connectivity index (χ4n) is 3.82. The summed E-state index contributed by atoms with van der Waals surface area (Å²) < 4.78 is 15.3. The Hall–Kier alpha value is -2.17. The van der Waals surface area contributed by atoms with E-state index in [0.717, 1.165) is 30.7 Å². The lowest BCUT2D eigenvalue weighted by Gasteiger charge is -2.34. The molecule has 1 aromatic carbocycles. The van der Waals surface area contributed by atoms with Crippen LogP contribution < -0.4 is 0 Å². The first-order valence-electron chi connectivity index (χ1n) is 9.71. The number of amides is 1.